The summed E-state index contributed by atoms with van der Waals surface area (Å²) < 4.78 is 0. The SMILES string of the molecule is CC1CCCCC1Nc1ccc(N)nn1. The van der Waals surface area contributed by atoms with Crippen LogP contribution < -0.4 is 11.1 Å². The van der Waals surface area contributed by atoms with Crippen molar-refractivity contribution in [3.8, 4) is 0 Å². The number of nitrogens with two attached hydrogens (primary N) is 1. The van der Waals surface area contributed by atoms with E-state index in [0.29, 0.717) is 11.9 Å². The van der Waals surface area contributed by atoms with Gasteiger partial charge in [0.1, 0.15) is 11.6 Å². The molecule has 0 radical (unpaired) electrons. The molecule has 2 atom stereocenters. The van der Waals surface area contributed by atoms with E-state index in [1.54, 1.807) is 6.07 Å². The summed E-state index contributed by atoms with van der Waals surface area (Å²) >= 11 is 0. The third kappa shape index (κ3) is 2.58. The van der Waals surface area contributed by atoms with Crippen LogP contribution in [0.4, 0.5) is 11.6 Å². The van der Waals surface area contributed by atoms with Gasteiger partial charge in [-0.15, -0.1) is 10.2 Å². The van der Waals surface area contributed by atoms with Crippen LogP contribution in [0.5, 0.6) is 0 Å². The van der Waals surface area contributed by atoms with Gasteiger partial charge in [0.05, 0.1) is 0 Å². The van der Waals surface area contributed by atoms with Crippen molar-refractivity contribution in [3.05, 3.63) is 12.1 Å². The lowest BCUT2D eigenvalue weighted by Gasteiger charge is -2.29. The maximum atomic E-state index is 5.49. The highest BCUT2D eigenvalue weighted by Crippen LogP contribution is 2.26. The number of anilines is 2. The zero-order chi connectivity index (χ0) is 10.7. The fourth-order valence-corrected chi connectivity index (χ4v) is 2.14. The van der Waals surface area contributed by atoms with Gasteiger partial charge in [0, 0.05) is 6.04 Å². The number of aromatic nitrogens is 2. The standard InChI is InChI=1S/C11H18N4/c1-8-4-2-3-5-9(8)13-11-7-6-10(12)14-15-11/h6-9H,2-5H2,1H3,(H2,12,14)(H,13,15). The molecule has 0 aromatic carbocycles. The first-order valence-electron chi connectivity index (χ1n) is 5.61. The molecule has 0 spiro atoms. The lowest BCUT2D eigenvalue weighted by atomic mass is 9.86. The van der Waals surface area contributed by atoms with Gasteiger partial charge in [0.2, 0.25) is 0 Å². The molecule has 4 nitrogen and oxygen atoms in total. The summed E-state index contributed by atoms with van der Waals surface area (Å²) in [4.78, 5) is 0. The van der Waals surface area contributed by atoms with Crippen molar-refractivity contribution < 1.29 is 0 Å². The molecule has 1 saturated carbocycles. The number of rotatable bonds is 2. The Hall–Kier alpha value is -1.32. The highest BCUT2D eigenvalue weighted by Gasteiger charge is 2.21. The van der Waals surface area contributed by atoms with E-state index in [4.69, 9.17) is 5.73 Å². The van der Waals surface area contributed by atoms with Gasteiger partial charge in [-0.2, -0.15) is 0 Å². The maximum Gasteiger partial charge on any atom is 0.149 e. The molecule has 0 aliphatic heterocycles. The molecule has 2 rings (SSSR count). The number of nitrogen functional groups attached to an aromatic ring is 1. The molecule has 1 aromatic rings. The Morgan fingerprint density at radius 3 is 2.73 bits per heavy atom. The fraction of sp³-hybridized carbons (Fsp3) is 0.636. The second kappa shape index (κ2) is 4.47. The van der Waals surface area contributed by atoms with Crippen molar-refractivity contribution in [2.24, 2.45) is 5.92 Å². The van der Waals surface area contributed by atoms with Crippen LogP contribution in [0.15, 0.2) is 12.1 Å². The summed E-state index contributed by atoms with van der Waals surface area (Å²) in [6, 6.07) is 4.21. The normalized spacial score (nSPS) is 26.2. The van der Waals surface area contributed by atoms with E-state index in [1.807, 2.05) is 6.07 Å². The van der Waals surface area contributed by atoms with Crippen molar-refractivity contribution >= 4 is 11.6 Å². The first-order valence-corrected chi connectivity index (χ1v) is 5.61. The van der Waals surface area contributed by atoms with Gasteiger partial charge < -0.3 is 11.1 Å². The van der Waals surface area contributed by atoms with Gasteiger partial charge in [-0.3, -0.25) is 0 Å². The average Bonchev–Trinajstić information content (AvgIpc) is 2.25. The van der Waals surface area contributed by atoms with Crippen LogP contribution in [0.1, 0.15) is 32.6 Å². The second-order valence-electron chi connectivity index (χ2n) is 4.36. The number of hydrogen-bond donors (Lipinski definition) is 2. The van der Waals surface area contributed by atoms with Crippen LogP contribution in [0.25, 0.3) is 0 Å². The van der Waals surface area contributed by atoms with Crippen molar-refractivity contribution in [3.63, 3.8) is 0 Å². The molecule has 1 aliphatic carbocycles. The Morgan fingerprint density at radius 1 is 1.27 bits per heavy atom. The summed E-state index contributed by atoms with van der Waals surface area (Å²) in [5.41, 5.74) is 5.49. The highest BCUT2D eigenvalue weighted by atomic mass is 15.2. The predicted octanol–water partition coefficient (Wildman–Crippen LogP) is 2.05. The second-order valence-corrected chi connectivity index (χ2v) is 4.36. The zero-order valence-electron chi connectivity index (χ0n) is 9.11. The first kappa shape index (κ1) is 10.2. The largest absolute Gasteiger partial charge is 0.382 e. The van der Waals surface area contributed by atoms with Crippen molar-refractivity contribution in [1.29, 1.82) is 0 Å². The molecule has 15 heavy (non-hydrogen) atoms. The minimum Gasteiger partial charge on any atom is -0.382 e. The molecule has 82 valence electrons. The van der Waals surface area contributed by atoms with Gasteiger partial charge in [-0.1, -0.05) is 19.8 Å². The quantitative estimate of drug-likeness (QED) is 0.777. The monoisotopic (exact) mass is 206 g/mol. The topological polar surface area (TPSA) is 63.8 Å². The number of nitrogens with one attached hydrogen (secondary N) is 1. The highest BCUT2D eigenvalue weighted by molar-refractivity contribution is 5.39. The van der Waals surface area contributed by atoms with Gasteiger partial charge in [0.25, 0.3) is 0 Å². The van der Waals surface area contributed by atoms with Crippen LogP contribution in [0, 0.1) is 5.92 Å². The van der Waals surface area contributed by atoms with Crippen LogP contribution >= 0.6 is 0 Å². The lowest BCUT2D eigenvalue weighted by molar-refractivity contribution is 0.349. The van der Waals surface area contributed by atoms with Gasteiger partial charge in [-0.25, -0.2) is 0 Å². The van der Waals surface area contributed by atoms with E-state index in [1.165, 1.54) is 25.7 Å². The van der Waals surface area contributed by atoms with Gasteiger partial charge >= 0.3 is 0 Å². The summed E-state index contributed by atoms with van der Waals surface area (Å²) in [5, 5.41) is 11.3. The Balaban J connectivity index is 1.98. The Kier molecular flexibility index (Phi) is 3.04. The third-order valence-corrected chi connectivity index (χ3v) is 3.13. The van der Waals surface area contributed by atoms with E-state index in [-0.39, 0.29) is 0 Å². The third-order valence-electron chi connectivity index (χ3n) is 3.13. The molecule has 3 N–H and O–H groups in total. The molecule has 1 aliphatic rings. The summed E-state index contributed by atoms with van der Waals surface area (Å²) in [6.07, 6.45) is 5.20. The Morgan fingerprint density at radius 2 is 2.07 bits per heavy atom. The number of nitrogens with zero attached hydrogens (tertiary/aromatic N) is 2. The smallest absolute Gasteiger partial charge is 0.149 e. The van der Waals surface area contributed by atoms with Crippen LogP contribution in [-0.4, -0.2) is 16.2 Å². The van der Waals surface area contributed by atoms with Gasteiger partial charge in [0.15, 0.2) is 0 Å². The fourth-order valence-electron chi connectivity index (χ4n) is 2.14. The summed E-state index contributed by atoms with van der Waals surface area (Å²) in [5.74, 6) is 2.03. The molecular formula is C11H18N4. The van der Waals surface area contributed by atoms with Crippen LogP contribution in [0.3, 0.4) is 0 Å². The molecular weight excluding hydrogens is 188 g/mol. The molecule has 4 heteroatoms. The average molecular weight is 206 g/mol. The molecule has 1 aromatic heterocycles. The Labute approximate surface area is 90.3 Å². The van der Waals surface area contributed by atoms with Gasteiger partial charge in [-0.05, 0) is 30.9 Å². The molecule has 0 bridgehead atoms. The molecule has 0 amide bonds. The summed E-state index contributed by atoms with van der Waals surface area (Å²) in [7, 11) is 0. The van der Waals surface area contributed by atoms with Crippen LogP contribution in [-0.2, 0) is 0 Å². The van der Waals surface area contributed by atoms with E-state index >= 15 is 0 Å². The predicted molar refractivity (Wildman–Crippen MR) is 61.5 cm³/mol. The van der Waals surface area contributed by atoms with Crippen LogP contribution in [0.2, 0.25) is 0 Å². The summed E-state index contributed by atoms with van der Waals surface area (Å²) in [6.45, 7) is 2.29. The van der Waals surface area contributed by atoms with E-state index in [9.17, 15) is 0 Å². The van der Waals surface area contributed by atoms with E-state index in [2.05, 4.69) is 22.4 Å². The lowest BCUT2D eigenvalue weighted by Crippen LogP contribution is -2.30. The minimum atomic E-state index is 0.470. The van der Waals surface area contributed by atoms with Crippen molar-refractivity contribution in [2.45, 2.75) is 38.6 Å². The zero-order valence-corrected chi connectivity index (χ0v) is 9.11. The van der Waals surface area contributed by atoms with E-state index < -0.39 is 0 Å². The minimum absolute atomic E-state index is 0.470. The molecule has 0 saturated heterocycles. The molecule has 2 unspecified atom stereocenters. The Bertz CT molecular complexity index is 309. The molecule has 1 heterocycles. The maximum absolute atomic E-state index is 5.49. The number of hydrogen-bond acceptors (Lipinski definition) is 4. The first-order chi connectivity index (χ1) is 7.25. The van der Waals surface area contributed by atoms with Crippen molar-refractivity contribution in [2.75, 3.05) is 11.1 Å². The molecule has 1 fully saturated rings. The van der Waals surface area contributed by atoms with Crippen molar-refractivity contribution in [1.82, 2.24) is 10.2 Å². The van der Waals surface area contributed by atoms with E-state index in [0.717, 1.165) is 11.7 Å².